The second-order valence-corrected chi connectivity index (χ2v) is 8.25. The summed E-state index contributed by atoms with van der Waals surface area (Å²) in [7, 11) is 3.18. The Kier molecular flexibility index (Phi) is 6.01. The summed E-state index contributed by atoms with van der Waals surface area (Å²) in [6.45, 7) is 0.594. The number of amidine groups is 1. The van der Waals surface area contributed by atoms with Crippen LogP contribution in [0, 0.1) is 5.41 Å². The Balaban J connectivity index is 1.53. The van der Waals surface area contributed by atoms with Gasteiger partial charge in [-0.2, -0.15) is 0 Å². The molecule has 4 aromatic rings. The fourth-order valence-corrected chi connectivity index (χ4v) is 4.41. The van der Waals surface area contributed by atoms with Gasteiger partial charge in [0.05, 0.1) is 42.6 Å². The molecule has 1 unspecified atom stereocenters. The molecule has 1 atom stereocenters. The number of nitrogens with zero attached hydrogens (tertiary/aromatic N) is 2. The molecule has 0 radical (unpaired) electrons. The first-order chi connectivity index (χ1) is 17.1. The third kappa shape index (κ3) is 4.26. The van der Waals surface area contributed by atoms with Crippen molar-refractivity contribution in [2.45, 2.75) is 12.5 Å². The smallest absolute Gasteiger partial charge is 0.145 e. The molecule has 8 heteroatoms. The average Bonchev–Trinajstić information content (AvgIpc) is 3.42. The molecule has 2 heterocycles. The van der Waals surface area contributed by atoms with Crippen LogP contribution in [0.3, 0.4) is 0 Å². The first kappa shape index (κ1) is 22.3. The standard InChI is InChI=1S/C27H27N5O3/c1-34-19-14-18(15-20(16-19)35-2)32-23(12-13-29-17-8-4-3-5-9-17)25(33)24(26(32)28)27-30-21-10-6-7-11-22(21)31-27/h3-11,14-16,23,28-29,33H,12-13H2,1-2H3,(H,30,31). The largest absolute Gasteiger partial charge is 0.509 e. The molecular weight excluding hydrogens is 442 g/mol. The zero-order chi connectivity index (χ0) is 24.4. The number of aromatic amines is 1. The van der Waals surface area contributed by atoms with Crippen molar-refractivity contribution in [1.29, 1.82) is 5.41 Å². The monoisotopic (exact) mass is 469 g/mol. The SMILES string of the molecule is COc1cc(OC)cc(N2C(=N)C(c3nc4ccccc4[nH]3)=C(O)C2CCNc2ccccc2)c1. The molecule has 1 aliphatic rings. The summed E-state index contributed by atoms with van der Waals surface area (Å²) in [5.74, 6) is 1.93. The van der Waals surface area contributed by atoms with E-state index < -0.39 is 6.04 Å². The fraction of sp³-hybridized carbons (Fsp3) is 0.185. The van der Waals surface area contributed by atoms with Crippen LogP contribution < -0.4 is 19.7 Å². The van der Waals surface area contributed by atoms with Crippen molar-refractivity contribution in [3.05, 3.63) is 84.4 Å². The number of aromatic nitrogens is 2. The molecule has 5 rings (SSSR count). The number of anilines is 2. The van der Waals surface area contributed by atoms with Crippen molar-refractivity contribution in [3.63, 3.8) is 0 Å². The van der Waals surface area contributed by atoms with Crippen LogP contribution in [-0.4, -0.2) is 47.7 Å². The molecule has 1 aliphatic heterocycles. The van der Waals surface area contributed by atoms with Gasteiger partial charge in [0, 0.05) is 30.4 Å². The first-order valence-electron chi connectivity index (χ1n) is 11.4. The van der Waals surface area contributed by atoms with Crippen molar-refractivity contribution < 1.29 is 14.6 Å². The molecule has 4 N–H and O–H groups in total. The van der Waals surface area contributed by atoms with Crippen molar-refractivity contribution in [2.24, 2.45) is 0 Å². The van der Waals surface area contributed by atoms with E-state index in [2.05, 4.69) is 15.3 Å². The summed E-state index contributed by atoms with van der Waals surface area (Å²) < 4.78 is 10.9. The lowest BCUT2D eigenvalue weighted by Crippen LogP contribution is -2.36. The van der Waals surface area contributed by atoms with E-state index in [1.807, 2.05) is 66.7 Å². The number of imidazole rings is 1. The topological polar surface area (TPSA) is 106 Å². The summed E-state index contributed by atoms with van der Waals surface area (Å²) in [6, 6.07) is 22.5. The van der Waals surface area contributed by atoms with E-state index in [0.29, 0.717) is 41.5 Å². The van der Waals surface area contributed by atoms with Crippen LogP contribution in [0.5, 0.6) is 11.5 Å². The molecule has 8 nitrogen and oxygen atoms in total. The molecule has 35 heavy (non-hydrogen) atoms. The number of hydrogen-bond donors (Lipinski definition) is 4. The summed E-state index contributed by atoms with van der Waals surface area (Å²) in [5, 5.41) is 23.9. The van der Waals surface area contributed by atoms with Crippen LogP contribution >= 0.6 is 0 Å². The van der Waals surface area contributed by atoms with Crippen LogP contribution in [0.2, 0.25) is 0 Å². The van der Waals surface area contributed by atoms with Crippen LogP contribution in [-0.2, 0) is 0 Å². The zero-order valence-corrected chi connectivity index (χ0v) is 19.6. The Morgan fingerprint density at radius 1 is 1.00 bits per heavy atom. The molecule has 0 spiro atoms. The van der Waals surface area contributed by atoms with Crippen LogP contribution in [0.4, 0.5) is 11.4 Å². The number of fused-ring (bicyclic) bond motifs is 1. The number of aliphatic hydroxyl groups excluding tert-OH is 1. The van der Waals surface area contributed by atoms with Gasteiger partial charge in [0.15, 0.2) is 0 Å². The van der Waals surface area contributed by atoms with E-state index in [0.717, 1.165) is 16.7 Å². The van der Waals surface area contributed by atoms with Gasteiger partial charge in [0.25, 0.3) is 0 Å². The van der Waals surface area contributed by atoms with Gasteiger partial charge in [-0.1, -0.05) is 30.3 Å². The Labute approximate surface area is 203 Å². The maximum absolute atomic E-state index is 11.4. The van der Waals surface area contributed by atoms with E-state index in [-0.39, 0.29) is 11.6 Å². The van der Waals surface area contributed by atoms with E-state index in [9.17, 15) is 5.11 Å². The maximum Gasteiger partial charge on any atom is 0.145 e. The summed E-state index contributed by atoms with van der Waals surface area (Å²) in [6.07, 6.45) is 0.548. The molecule has 0 saturated heterocycles. The highest BCUT2D eigenvalue weighted by molar-refractivity contribution is 6.31. The van der Waals surface area contributed by atoms with Crippen LogP contribution in [0.1, 0.15) is 12.2 Å². The first-order valence-corrected chi connectivity index (χ1v) is 11.4. The Bertz CT molecular complexity index is 1340. The third-order valence-corrected chi connectivity index (χ3v) is 6.12. The summed E-state index contributed by atoms with van der Waals surface area (Å²) in [5.41, 5.74) is 3.69. The van der Waals surface area contributed by atoms with Gasteiger partial charge < -0.3 is 29.8 Å². The molecule has 0 amide bonds. The maximum atomic E-state index is 11.4. The van der Waals surface area contributed by atoms with Crippen molar-refractivity contribution in [1.82, 2.24) is 9.97 Å². The number of ether oxygens (including phenoxy) is 2. The number of nitrogens with one attached hydrogen (secondary N) is 3. The quantitative estimate of drug-likeness (QED) is 0.282. The van der Waals surface area contributed by atoms with Crippen LogP contribution in [0.15, 0.2) is 78.6 Å². The highest BCUT2D eigenvalue weighted by Gasteiger charge is 2.40. The Morgan fingerprint density at radius 2 is 1.69 bits per heavy atom. The van der Waals surface area contributed by atoms with Gasteiger partial charge in [-0.25, -0.2) is 4.98 Å². The number of para-hydroxylation sites is 3. The molecule has 178 valence electrons. The Morgan fingerprint density at radius 3 is 2.37 bits per heavy atom. The average molecular weight is 470 g/mol. The highest BCUT2D eigenvalue weighted by Crippen LogP contribution is 2.39. The Hall–Kier alpha value is -4.46. The molecule has 0 fully saturated rings. The van der Waals surface area contributed by atoms with Crippen LogP contribution in [0.25, 0.3) is 16.6 Å². The van der Waals surface area contributed by atoms with E-state index >= 15 is 0 Å². The molecule has 0 bridgehead atoms. The third-order valence-electron chi connectivity index (χ3n) is 6.12. The summed E-state index contributed by atoms with van der Waals surface area (Å²) in [4.78, 5) is 9.71. The van der Waals surface area contributed by atoms with Crippen molar-refractivity contribution >= 4 is 33.8 Å². The van der Waals surface area contributed by atoms with Gasteiger partial charge >= 0.3 is 0 Å². The van der Waals surface area contributed by atoms with Gasteiger partial charge in [0.2, 0.25) is 0 Å². The van der Waals surface area contributed by atoms with Gasteiger partial charge in [0.1, 0.15) is 28.9 Å². The molecule has 0 aliphatic carbocycles. The summed E-state index contributed by atoms with van der Waals surface area (Å²) >= 11 is 0. The number of methoxy groups -OCH3 is 2. The van der Waals surface area contributed by atoms with Gasteiger partial charge in [-0.05, 0) is 30.7 Å². The fourth-order valence-electron chi connectivity index (χ4n) is 4.41. The lowest BCUT2D eigenvalue weighted by Gasteiger charge is -2.28. The predicted molar refractivity (Wildman–Crippen MR) is 139 cm³/mol. The van der Waals surface area contributed by atoms with E-state index in [1.54, 1.807) is 25.2 Å². The molecule has 3 aromatic carbocycles. The minimum Gasteiger partial charge on any atom is -0.509 e. The van der Waals surface area contributed by atoms with Gasteiger partial charge in [-0.15, -0.1) is 0 Å². The van der Waals surface area contributed by atoms with Crippen molar-refractivity contribution in [2.75, 3.05) is 31.0 Å². The number of benzene rings is 3. The second-order valence-electron chi connectivity index (χ2n) is 8.25. The van der Waals surface area contributed by atoms with E-state index in [4.69, 9.17) is 14.9 Å². The lowest BCUT2D eigenvalue weighted by molar-refractivity contribution is 0.370. The number of hydrogen-bond acceptors (Lipinski definition) is 6. The lowest BCUT2D eigenvalue weighted by atomic mass is 10.1. The molecule has 1 aromatic heterocycles. The number of rotatable bonds is 8. The predicted octanol–water partition coefficient (Wildman–Crippen LogP) is 5.22. The normalized spacial score (nSPS) is 15.7. The van der Waals surface area contributed by atoms with Crippen molar-refractivity contribution in [3.8, 4) is 11.5 Å². The highest BCUT2D eigenvalue weighted by atomic mass is 16.5. The zero-order valence-electron chi connectivity index (χ0n) is 19.6. The molecule has 0 saturated carbocycles. The van der Waals surface area contributed by atoms with Gasteiger partial charge in [-0.3, -0.25) is 5.41 Å². The number of H-pyrrole nitrogens is 1. The minimum absolute atomic E-state index is 0.103. The number of aliphatic hydroxyl groups is 1. The molecular formula is C27H27N5O3. The second kappa shape index (κ2) is 9.42. The minimum atomic E-state index is -0.473. The van der Waals surface area contributed by atoms with E-state index in [1.165, 1.54) is 0 Å².